The van der Waals surface area contributed by atoms with Gasteiger partial charge in [0, 0.05) is 31.8 Å². The van der Waals surface area contributed by atoms with Gasteiger partial charge in [0.25, 0.3) is 0 Å². The Bertz CT molecular complexity index is 213. The van der Waals surface area contributed by atoms with E-state index in [0.717, 1.165) is 39.5 Å². The summed E-state index contributed by atoms with van der Waals surface area (Å²) in [6.07, 6.45) is 3.93. The smallest absolute Gasteiger partial charge is 0.0594 e. The maximum Gasteiger partial charge on any atom is 0.0594 e. The van der Waals surface area contributed by atoms with Crippen molar-refractivity contribution in [1.29, 1.82) is 0 Å². The fraction of sp³-hybridized carbons (Fsp3) is 1.00. The van der Waals surface area contributed by atoms with E-state index < -0.39 is 0 Å². The highest BCUT2D eigenvalue weighted by atomic mass is 16.5. The Hall–Kier alpha value is -0.120. The molecule has 0 unspecified atom stereocenters. The molecule has 0 bridgehead atoms. The van der Waals surface area contributed by atoms with Gasteiger partial charge in [0.05, 0.1) is 13.2 Å². The van der Waals surface area contributed by atoms with Crippen LogP contribution in [0.4, 0.5) is 0 Å². The highest BCUT2D eigenvalue weighted by Crippen LogP contribution is 2.13. The maximum atomic E-state index is 5.25. The highest BCUT2D eigenvalue weighted by Gasteiger charge is 2.22. The van der Waals surface area contributed by atoms with Crippen molar-refractivity contribution in [2.24, 2.45) is 5.41 Å². The first-order chi connectivity index (χ1) is 9.61. The zero-order valence-electron chi connectivity index (χ0n) is 15.6. The fourth-order valence-electron chi connectivity index (χ4n) is 1.92. The molecular formula is C18H39NO2. The lowest BCUT2D eigenvalue weighted by molar-refractivity contribution is -0.00389. The molecule has 3 nitrogen and oxygen atoms in total. The van der Waals surface area contributed by atoms with E-state index >= 15 is 0 Å². The highest BCUT2D eigenvalue weighted by molar-refractivity contribution is 4.77. The lowest BCUT2D eigenvalue weighted by Crippen LogP contribution is -2.47. The first kappa shape index (κ1) is 20.9. The van der Waals surface area contributed by atoms with E-state index in [1.165, 1.54) is 19.3 Å². The Morgan fingerprint density at radius 1 is 0.619 bits per heavy atom. The van der Waals surface area contributed by atoms with Crippen molar-refractivity contribution >= 4 is 0 Å². The second-order valence-corrected chi connectivity index (χ2v) is 8.44. The fourth-order valence-corrected chi connectivity index (χ4v) is 1.92. The van der Waals surface area contributed by atoms with Crippen LogP contribution in [0, 0.1) is 5.41 Å². The molecule has 0 aromatic rings. The number of morpholine rings is 1. The summed E-state index contributed by atoms with van der Waals surface area (Å²) in [5, 5.41) is 0. The average Bonchev–Trinajstić information content (AvgIpc) is 2.40. The second kappa shape index (κ2) is 10.6. The van der Waals surface area contributed by atoms with E-state index in [2.05, 4.69) is 53.4 Å². The lowest BCUT2D eigenvalue weighted by atomic mass is 10.0. The minimum atomic E-state index is 0.323. The Morgan fingerprint density at radius 3 is 1.19 bits per heavy atom. The Labute approximate surface area is 133 Å². The van der Waals surface area contributed by atoms with E-state index in [0.29, 0.717) is 11.0 Å². The third kappa shape index (κ3) is 16.1. The van der Waals surface area contributed by atoms with Crippen LogP contribution >= 0.6 is 0 Å². The molecule has 0 spiro atoms. The van der Waals surface area contributed by atoms with Crippen LogP contribution in [0.3, 0.4) is 0 Å². The number of hydrogen-bond acceptors (Lipinski definition) is 3. The van der Waals surface area contributed by atoms with Gasteiger partial charge in [0.2, 0.25) is 0 Å². The van der Waals surface area contributed by atoms with Gasteiger partial charge in [-0.3, -0.25) is 4.90 Å². The van der Waals surface area contributed by atoms with Gasteiger partial charge in [-0.25, -0.2) is 0 Å². The molecule has 2 aliphatic heterocycles. The summed E-state index contributed by atoms with van der Waals surface area (Å²) in [4.78, 5) is 2.45. The molecule has 0 N–H and O–H groups in total. The summed E-state index contributed by atoms with van der Waals surface area (Å²) in [5.74, 6) is 0. The second-order valence-electron chi connectivity index (χ2n) is 8.44. The van der Waals surface area contributed by atoms with Crippen LogP contribution in [-0.2, 0) is 9.47 Å². The molecule has 0 atom stereocenters. The predicted molar refractivity (Wildman–Crippen MR) is 91.9 cm³/mol. The molecule has 0 aromatic heterocycles. The van der Waals surface area contributed by atoms with Gasteiger partial charge in [-0.15, -0.1) is 0 Å². The van der Waals surface area contributed by atoms with Gasteiger partial charge in [-0.05, 0) is 45.4 Å². The largest absolute Gasteiger partial charge is 0.381 e. The molecule has 0 aromatic carbocycles. The van der Waals surface area contributed by atoms with Gasteiger partial charge in [-0.1, -0.05) is 27.7 Å². The van der Waals surface area contributed by atoms with Crippen LogP contribution in [-0.4, -0.2) is 50.0 Å². The SMILES string of the molecule is C1CCOCC1.CC(C)(C)C.CC(C)(C)N1CCOCC1. The van der Waals surface area contributed by atoms with E-state index in [9.17, 15) is 0 Å². The van der Waals surface area contributed by atoms with Gasteiger partial charge in [-0.2, -0.15) is 0 Å². The quantitative estimate of drug-likeness (QED) is 0.663. The van der Waals surface area contributed by atoms with E-state index in [1.54, 1.807) is 0 Å². The van der Waals surface area contributed by atoms with Crippen LogP contribution in [0.15, 0.2) is 0 Å². The summed E-state index contributed by atoms with van der Waals surface area (Å²) in [5.41, 5.74) is 0.823. The average molecular weight is 302 g/mol. The Morgan fingerprint density at radius 2 is 1.00 bits per heavy atom. The molecule has 3 heteroatoms. The van der Waals surface area contributed by atoms with Crippen molar-refractivity contribution in [3.8, 4) is 0 Å². The van der Waals surface area contributed by atoms with Crippen molar-refractivity contribution in [3.05, 3.63) is 0 Å². The van der Waals surface area contributed by atoms with Crippen LogP contribution in [0.5, 0.6) is 0 Å². The zero-order valence-corrected chi connectivity index (χ0v) is 15.6. The standard InChI is InChI=1S/C8H17NO.C5H10O.C5H12/c1-8(2,3)9-4-6-10-7-5-9;1-2-4-6-5-3-1;1-5(2,3)4/h4-7H2,1-3H3;1-5H2;1-4H3. The third-order valence-corrected chi connectivity index (χ3v) is 3.04. The summed E-state index contributed by atoms with van der Waals surface area (Å²) in [6, 6.07) is 0. The molecular weight excluding hydrogens is 262 g/mol. The van der Waals surface area contributed by atoms with Crippen molar-refractivity contribution < 1.29 is 9.47 Å². The van der Waals surface area contributed by atoms with Crippen LogP contribution in [0.1, 0.15) is 67.7 Å². The molecule has 2 saturated heterocycles. The Kier molecular flexibility index (Phi) is 10.5. The van der Waals surface area contributed by atoms with Crippen LogP contribution in [0.2, 0.25) is 0 Å². The molecule has 0 amide bonds. The summed E-state index contributed by atoms with van der Waals surface area (Å²) in [7, 11) is 0. The number of nitrogens with zero attached hydrogens (tertiary/aromatic N) is 1. The lowest BCUT2D eigenvalue weighted by Gasteiger charge is -2.38. The zero-order chi connectivity index (χ0) is 16.4. The topological polar surface area (TPSA) is 21.7 Å². The first-order valence-electron chi connectivity index (χ1n) is 8.51. The molecule has 2 rings (SSSR count). The minimum Gasteiger partial charge on any atom is -0.381 e. The van der Waals surface area contributed by atoms with Crippen molar-refractivity contribution in [2.75, 3.05) is 39.5 Å². The summed E-state index contributed by atoms with van der Waals surface area (Å²) < 4.78 is 10.3. The molecule has 2 heterocycles. The van der Waals surface area contributed by atoms with Gasteiger partial charge < -0.3 is 9.47 Å². The van der Waals surface area contributed by atoms with E-state index in [-0.39, 0.29) is 0 Å². The van der Waals surface area contributed by atoms with Crippen LogP contribution in [0.25, 0.3) is 0 Å². The van der Waals surface area contributed by atoms with Crippen LogP contribution < -0.4 is 0 Å². The molecule has 0 aliphatic carbocycles. The van der Waals surface area contributed by atoms with E-state index in [1.807, 2.05) is 0 Å². The van der Waals surface area contributed by atoms with Crippen molar-refractivity contribution in [3.63, 3.8) is 0 Å². The van der Waals surface area contributed by atoms with E-state index in [4.69, 9.17) is 9.47 Å². The maximum absolute atomic E-state index is 5.25. The minimum absolute atomic E-state index is 0.323. The molecule has 0 radical (unpaired) electrons. The predicted octanol–water partition coefficient (Wildman–Crippen LogP) is 4.36. The molecule has 2 aliphatic rings. The summed E-state index contributed by atoms with van der Waals surface area (Å²) >= 11 is 0. The van der Waals surface area contributed by atoms with Gasteiger partial charge >= 0.3 is 0 Å². The number of hydrogen-bond donors (Lipinski definition) is 0. The monoisotopic (exact) mass is 301 g/mol. The molecule has 21 heavy (non-hydrogen) atoms. The number of rotatable bonds is 0. The number of ether oxygens (including phenoxy) is 2. The third-order valence-electron chi connectivity index (χ3n) is 3.04. The normalized spacial score (nSPS) is 20.7. The Balaban J connectivity index is 0.000000312. The summed E-state index contributed by atoms with van der Waals surface area (Å²) in [6.45, 7) is 21.5. The molecule has 0 saturated carbocycles. The molecule has 128 valence electrons. The van der Waals surface area contributed by atoms with Crippen molar-refractivity contribution in [1.82, 2.24) is 4.90 Å². The van der Waals surface area contributed by atoms with Crippen molar-refractivity contribution in [2.45, 2.75) is 73.3 Å². The van der Waals surface area contributed by atoms with Gasteiger partial charge in [0.15, 0.2) is 0 Å². The van der Waals surface area contributed by atoms with Gasteiger partial charge in [0.1, 0.15) is 0 Å². The molecule has 2 fully saturated rings. The first-order valence-corrected chi connectivity index (χ1v) is 8.51.